The Balaban J connectivity index is 4.38. The van der Waals surface area contributed by atoms with Crippen molar-refractivity contribution in [1.82, 2.24) is 4.72 Å². The van der Waals surface area contributed by atoms with Crippen LogP contribution in [0.5, 0.6) is 0 Å². The molecule has 1 unspecified atom stereocenters. The number of hydrogen-bond acceptors (Lipinski definition) is 3. The highest BCUT2D eigenvalue weighted by Crippen LogP contribution is 2.15. The zero-order valence-electron chi connectivity index (χ0n) is 8.46. The summed E-state index contributed by atoms with van der Waals surface area (Å²) >= 11 is 0. The Morgan fingerprint density at radius 2 is 1.92 bits per heavy atom. The van der Waals surface area contributed by atoms with E-state index in [1.165, 1.54) is 6.92 Å². The van der Waals surface area contributed by atoms with E-state index in [1.807, 2.05) is 26.8 Å². The molecule has 0 saturated carbocycles. The Labute approximate surface area is 80.0 Å². The van der Waals surface area contributed by atoms with Gasteiger partial charge in [-0.3, -0.25) is 0 Å². The van der Waals surface area contributed by atoms with Gasteiger partial charge in [-0.1, -0.05) is 20.8 Å². The first-order valence-corrected chi connectivity index (χ1v) is 5.71. The summed E-state index contributed by atoms with van der Waals surface area (Å²) in [7, 11) is -3.32. The van der Waals surface area contributed by atoms with Crippen LogP contribution < -0.4 is 4.72 Å². The largest absolute Gasteiger partial charge is 0.213 e. The molecule has 0 aliphatic carbocycles. The van der Waals surface area contributed by atoms with E-state index in [9.17, 15) is 8.42 Å². The van der Waals surface area contributed by atoms with Crippen molar-refractivity contribution >= 4 is 10.0 Å². The van der Waals surface area contributed by atoms with Crippen molar-refractivity contribution in [2.24, 2.45) is 5.41 Å². The molecule has 13 heavy (non-hydrogen) atoms. The van der Waals surface area contributed by atoms with Gasteiger partial charge in [0.05, 0.1) is 11.8 Å². The molecule has 0 bridgehead atoms. The Bertz CT molecular complexity index is 295. The van der Waals surface area contributed by atoms with E-state index >= 15 is 0 Å². The van der Waals surface area contributed by atoms with Crippen molar-refractivity contribution < 1.29 is 8.42 Å². The number of hydrogen-bond donors (Lipinski definition) is 1. The SMILES string of the molecule is CC(C#N)NS(=O)(=O)CC(C)(C)C. The second-order valence-electron chi connectivity index (χ2n) is 4.29. The molecule has 1 N–H and O–H groups in total. The van der Waals surface area contributed by atoms with E-state index in [1.54, 1.807) is 0 Å². The van der Waals surface area contributed by atoms with Crippen LogP contribution in [-0.4, -0.2) is 20.2 Å². The second-order valence-corrected chi connectivity index (χ2v) is 6.04. The first-order chi connectivity index (χ1) is 5.66. The molecule has 1 atom stereocenters. The average molecular weight is 204 g/mol. The molecule has 76 valence electrons. The zero-order valence-corrected chi connectivity index (χ0v) is 9.27. The Hall–Kier alpha value is -0.600. The Morgan fingerprint density at radius 3 is 2.23 bits per heavy atom. The minimum absolute atomic E-state index is 0.0337. The maximum atomic E-state index is 11.4. The zero-order chi connectivity index (χ0) is 10.7. The average Bonchev–Trinajstić information content (AvgIpc) is 1.80. The summed E-state index contributed by atoms with van der Waals surface area (Å²) in [5, 5.41) is 8.42. The lowest BCUT2D eigenvalue weighted by atomic mass is 10.0. The highest BCUT2D eigenvalue weighted by atomic mass is 32.2. The normalized spacial score (nSPS) is 15.0. The minimum atomic E-state index is -3.32. The minimum Gasteiger partial charge on any atom is -0.212 e. The second kappa shape index (κ2) is 4.07. The van der Waals surface area contributed by atoms with Crippen molar-refractivity contribution in [3.63, 3.8) is 0 Å². The first kappa shape index (κ1) is 12.4. The summed E-state index contributed by atoms with van der Waals surface area (Å²) in [5.41, 5.74) is -0.291. The lowest BCUT2D eigenvalue weighted by Gasteiger charge is -2.18. The maximum absolute atomic E-state index is 11.4. The first-order valence-electron chi connectivity index (χ1n) is 4.06. The number of rotatable bonds is 3. The molecule has 5 heteroatoms. The van der Waals surface area contributed by atoms with Gasteiger partial charge in [0.25, 0.3) is 0 Å². The van der Waals surface area contributed by atoms with E-state index in [0.29, 0.717) is 0 Å². The topological polar surface area (TPSA) is 70.0 Å². The quantitative estimate of drug-likeness (QED) is 0.741. The summed E-state index contributed by atoms with van der Waals surface area (Å²) in [5.74, 6) is 0.0337. The predicted octanol–water partition coefficient (Wildman–Crippen LogP) is 0.864. The molecule has 0 heterocycles. The highest BCUT2D eigenvalue weighted by molar-refractivity contribution is 7.89. The summed E-state index contributed by atoms with van der Waals surface area (Å²) in [4.78, 5) is 0. The van der Waals surface area contributed by atoms with E-state index in [4.69, 9.17) is 5.26 Å². The van der Waals surface area contributed by atoms with Crippen LogP contribution in [0.2, 0.25) is 0 Å². The molecule has 0 saturated heterocycles. The van der Waals surface area contributed by atoms with Gasteiger partial charge in [-0.25, -0.2) is 8.42 Å². The van der Waals surface area contributed by atoms with E-state index in [-0.39, 0.29) is 11.2 Å². The van der Waals surface area contributed by atoms with Gasteiger partial charge in [-0.2, -0.15) is 9.98 Å². The molecule has 0 spiro atoms. The van der Waals surface area contributed by atoms with Gasteiger partial charge in [0.15, 0.2) is 0 Å². The molecule has 0 radical (unpaired) electrons. The van der Waals surface area contributed by atoms with E-state index in [0.717, 1.165) is 0 Å². The summed E-state index contributed by atoms with van der Waals surface area (Å²) in [6, 6.07) is 1.16. The van der Waals surface area contributed by atoms with Gasteiger partial charge in [0.2, 0.25) is 10.0 Å². The molecule has 0 aromatic heterocycles. The summed E-state index contributed by atoms with van der Waals surface area (Å²) < 4.78 is 25.0. The van der Waals surface area contributed by atoms with Crippen LogP contribution >= 0.6 is 0 Å². The van der Waals surface area contributed by atoms with E-state index in [2.05, 4.69) is 4.72 Å². The molecule has 0 aromatic rings. The number of sulfonamides is 1. The predicted molar refractivity (Wildman–Crippen MR) is 51.5 cm³/mol. The van der Waals surface area contributed by atoms with Crippen molar-refractivity contribution in [2.45, 2.75) is 33.7 Å². The summed E-state index contributed by atoms with van der Waals surface area (Å²) in [6.45, 7) is 7.02. The standard InChI is InChI=1S/C8H16N2O2S/c1-7(5-9)10-13(11,12)6-8(2,3)4/h7,10H,6H2,1-4H3. The van der Waals surface area contributed by atoms with Crippen LogP contribution in [0.25, 0.3) is 0 Å². The third kappa shape index (κ3) is 6.55. The number of nitriles is 1. The monoisotopic (exact) mass is 204 g/mol. The lowest BCUT2D eigenvalue weighted by Crippen LogP contribution is -2.37. The molecule has 4 nitrogen and oxygen atoms in total. The molecule has 0 rings (SSSR count). The fourth-order valence-corrected chi connectivity index (χ4v) is 2.72. The van der Waals surface area contributed by atoms with Gasteiger partial charge in [-0.15, -0.1) is 0 Å². The summed E-state index contributed by atoms with van der Waals surface area (Å²) in [6.07, 6.45) is 0. The molecule has 0 amide bonds. The third-order valence-corrected chi connectivity index (χ3v) is 3.13. The third-order valence-electron chi connectivity index (χ3n) is 1.17. The highest BCUT2D eigenvalue weighted by Gasteiger charge is 2.22. The fraction of sp³-hybridized carbons (Fsp3) is 0.875. The van der Waals surface area contributed by atoms with Gasteiger partial charge in [0.1, 0.15) is 6.04 Å². The van der Waals surface area contributed by atoms with Crippen molar-refractivity contribution in [3.05, 3.63) is 0 Å². The molecule has 0 aliphatic heterocycles. The van der Waals surface area contributed by atoms with Crippen LogP contribution in [0.3, 0.4) is 0 Å². The van der Waals surface area contributed by atoms with Gasteiger partial charge in [-0.05, 0) is 12.3 Å². The number of nitrogens with one attached hydrogen (secondary N) is 1. The van der Waals surface area contributed by atoms with Gasteiger partial charge in [0, 0.05) is 0 Å². The van der Waals surface area contributed by atoms with Crippen LogP contribution in [-0.2, 0) is 10.0 Å². The maximum Gasteiger partial charge on any atom is 0.213 e. The molecular weight excluding hydrogens is 188 g/mol. The fourth-order valence-electron chi connectivity index (χ4n) is 0.907. The van der Waals surface area contributed by atoms with Crippen LogP contribution in [0, 0.1) is 16.7 Å². The lowest BCUT2D eigenvalue weighted by molar-refractivity contribution is 0.457. The van der Waals surface area contributed by atoms with Crippen molar-refractivity contribution in [3.8, 4) is 6.07 Å². The van der Waals surface area contributed by atoms with Crippen LogP contribution in [0.15, 0.2) is 0 Å². The Morgan fingerprint density at radius 1 is 1.46 bits per heavy atom. The Kier molecular flexibility index (Phi) is 3.88. The molecular formula is C8H16N2O2S. The molecule has 0 aromatic carbocycles. The molecule has 0 aliphatic rings. The molecule has 0 fully saturated rings. The van der Waals surface area contributed by atoms with E-state index < -0.39 is 16.1 Å². The van der Waals surface area contributed by atoms with Gasteiger partial charge >= 0.3 is 0 Å². The van der Waals surface area contributed by atoms with Crippen molar-refractivity contribution in [1.29, 1.82) is 5.26 Å². The smallest absolute Gasteiger partial charge is 0.212 e. The van der Waals surface area contributed by atoms with Gasteiger partial charge < -0.3 is 0 Å². The van der Waals surface area contributed by atoms with Crippen molar-refractivity contribution in [2.75, 3.05) is 5.75 Å². The number of nitrogens with zero attached hydrogens (tertiary/aromatic N) is 1. The van der Waals surface area contributed by atoms with Crippen LogP contribution in [0.1, 0.15) is 27.7 Å². The van der Waals surface area contributed by atoms with Crippen LogP contribution in [0.4, 0.5) is 0 Å².